The maximum atomic E-state index is 5.79. The van der Waals surface area contributed by atoms with Crippen LogP contribution >= 0.6 is 0 Å². The average Bonchev–Trinajstić information content (AvgIpc) is 2.18. The highest BCUT2D eigenvalue weighted by Gasteiger charge is 2.25. The Hall–Kier alpha value is -0.860. The Kier molecular flexibility index (Phi) is 3.85. The first-order chi connectivity index (χ1) is 8.06. The number of benzene rings is 1. The van der Waals surface area contributed by atoms with Crippen molar-refractivity contribution in [2.45, 2.75) is 46.2 Å². The molecule has 0 saturated heterocycles. The number of hydrogen-bond donors (Lipinski definition) is 2. The van der Waals surface area contributed by atoms with Gasteiger partial charge in [0.05, 0.1) is 0 Å². The molecule has 0 atom stereocenters. The van der Waals surface area contributed by atoms with Crippen molar-refractivity contribution in [1.82, 2.24) is 5.32 Å². The lowest BCUT2D eigenvalue weighted by Crippen LogP contribution is -2.41. The summed E-state index contributed by atoms with van der Waals surface area (Å²) in [6.07, 6.45) is 2.39. The molecule has 0 aromatic heterocycles. The molecule has 2 rings (SSSR count). The van der Waals surface area contributed by atoms with Crippen molar-refractivity contribution in [2.75, 3.05) is 6.54 Å². The zero-order valence-electron chi connectivity index (χ0n) is 11.2. The van der Waals surface area contributed by atoms with E-state index >= 15 is 0 Å². The van der Waals surface area contributed by atoms with Gasteiger partial charge in [0.25, 0.3) is 0 Å². The SMILES string of the molecule is Cc1cc(C)c(CNCC2CC(N)C2)c(C)c1. The summed E-state index contributed by atoms with van der Waals surface area (Å²) in [5.41, 5.74) is 11.4. The van der Waals surface area contributed by atoms with E-state index < -0.39 is 0 Å². The summed E-state index contributed by atoms with van der Waals surface area (Å²) in [6, 6.07) is 5.00. The van der Waals surface area contributed by atoms with Gasteiger partial charge in [0.1, 0.15) is 0 Å². The van der Waals surface area contributed by atoms with Gasteiger partial charge in [-0.1, -0.05) is 17.7 Å². The summed E-state index contributed by atoms with van der Waals surface area (Å²) in [6.45, 7) is 8.67. The van der Waals surface area contributed by atoms with Gasteiger partial charge in [-0.05, 0) is 62.8 Å². The second kappa shape index (κ2) is 5.19. The molecule has 1 aliphatic carbocycles. The first-order valence-electron chi connectivity index (χ1n) is 6.59. The van der Waals surface area contributed by atoms with E-state index in [0.29, 0.717) is 6.04 Å². The third kappa shape index (κ3) is 3.08. The van der Waals surface area contributed by atoms with Crippen LogP contribution in [0.1, 0.15) is 35.1 Å². The van der Waals surface area contributed by atoms with Gasteiger partial charge in [0.15, 0.2) is 0 Å². The fraction of sp³-hybridized carbons (Fsp3) is 0.600. The molecule has 0 amide bonds. The first kappa shape index (κ1) is 12.6. The Bertz CT molecular complexity index is 369. The van der Waals surface area contributed by atoms with E-state index in [1.165, 1.54) is 35.1 Å². The summed E-state index contributed by atoms with van der Waals surface area (Å²) in [7, 11) is 0. The lowest BCUT2D eigenvalue weighted by Gasteiger charge is -2.32. The van der Waals surface area contributed by atoms with Crippen LogP contribution in [0, 0.1) is 26.7 Å². The minimum Gasteiger partial charge on any atom is -0.328 e. The highest BCUT2D eigenvalue weighted by Crippen LogP contribution is 2.24. The quantitative estimate of drug-likeness (QED) is 0.837. The van der Waals surface area contributed by atoms with Gasteiger partial charge >= 0.3 is 0 Å². The molecule has 0 radical (unpaired) electrons. The van der Waals surface area contributed by atoms with Gasteiger partial charge in [-0.15, -0.1) is 0 Å². The molecule has 2 heteroatoms. The minimum atomic E-state index is 0.463. The largest absolute Gasteiger partial charge is 0.328 e. The summed E-state index contributed by atoms with van der Waals surface area (Å²) < 4.78 is 0. The molecule has 3 N–H and O–H groups in total. The number of aryl methyl sites for hydroxylation is 3. The second-order valence-electron chi connectivity index (χ2n) is 5.61. The zero-order chi connectivity index (χ0) is 12.4. The van der Waals surface area contributed by atoms with Gasteiger partial charge in [-0.25, -0.2) is 0 Å². The van der Waals surface area contributed by atoms with E-state index in [1.54, 1.807) is 0 Å². The van der Waals surface area contributed by atoms with Crippen LogP contribution in [-0.2, 0) is 6.54 Å². The van der Waals surface area contributed by atoms with E-state index in [2.05, 4.69) is 38.2 Å². The molecule has 0 bridgehead atoms. The van der Waals surface area contributed by atoms with Crippen LogP contribution < -0.4 is 11.1 Å². The standard InChI is InChI=1S/C15H24N2/c1-10-4-11(2)15(12(3)5-10)9-17-8-13-6-14(16)7-13/h4-5,13-14,17H,6-9,16H2,1-3H3. The number of nitrogens with one attached hydrogen (secondary N) is 1. The van der Waals surface area contributed by atoms with Crippen molar-refractivity contribution < 1.29 is 0 Å². The highest BCUT2D eigenvalue weighted by atomic mass is 14.9. The van der Waals surface area contributed by atoms with Crippen molar-refractivity contribution in [2.24, 2.45) is 11.7 Å². The lowest BCUT2D eigenvalue weighted by molar-refractivity contribution is 0.256. The molecule has 2 nitrogen and oxygen atoms in total. The summed E-state index contributed by atoms with van der Waals surface area (Å²) in [5, 5.41) is 3.57. The van der Waals surface area contributed by atoms with Crippen LogP contribution in [0.2, 0.25) is 0 Å². The van der Waals surface area contributed by atoms with Crippen LogP contribution in [0.3, 0.4) is 0 Å². The Labute approximate surface area is 105 Å². The Morgan fingerprint density at radius 1 is 1.18 bits per heavy atom. The molecule has 1 aliphatic rings. The van der Waals surface area contributed by atoms with Crippen molar-refractivity contribution in [3.63, 3.8) is 0 Å². The number of nitrogens with two attached hydrogens (primary N) is 1. The van der Waals surface area contributed by atoms with Gasteiger partial charge < -0.3 is 11.1 Å². The van der Waals surface area contributed by atoms with Gasteiger partial charge in [0.2, 0.25) is 0 Å². The predicted octanol–water partition coefficient (Wildman–Crippen LogP) is 2.44. The van der Waals surface area contributed by atoms with Crippen molar-refractivity contribution in [1.29, 1.82) is 0 Å². The normalized spacial score (nSPS) is 23.5. The smallest absolute Gasteiger partial charge is 0.0210 e. The lowest BCUT2D eigenvalue weighted by atomic mass is 9.81. The summed E-state index contributed by atoms with van der Waals surface area (Å²) in [4.78, 5) is 0. The first-order valence-corrected chi connectivity index (χ1v) is 6.59. The molecular weight excluding hydrogens is 208 g/mol. The van der Waals surface area contributed by atoms with E-state index in [9.17, 15) is 0 Å². The summed E-state index contributed by atoms with van der Waals surface area (Å²) in [5.74, 6) is 0.802. The van der Waals surface area contributed by atoms with Gasteiger partial charge in [0, 0.05) is 12.6 Å². The molecular formula is C15H24N2. The van der Waals surface area contributed by atoms with Gasteiger partial charge in [-0.3, -0.25) is 0 Å². The van der Waals surface area contributed by atoms with Crippen LogP contribution in [0.15, 0.2) is 12.1 Å². The van der Waals surface area contributed by atoms with Crippen molar-refractivity contribution >= 4 is 0 Å². The van der Waals surface area contributed by atoms with Gasteiger partial charge in [-0.2, -0.15) is 0 Å². The third-order valence-corrected chi connectivity index (χ3v) is 3.85. The molecule has 0 aliphatic heterocycles. The topological polar surface area (TPSA) is 38.0 Å². The fourth-order valence-corrected chi connectivity index (χ4v) is 2.84. The maximum Gasteiger partial charge on any atom is 0.0210 e. The number of hydrogen-bond acceptors (Lipinski definition) is 2. The molecule has 94 valence electrons. The molecule has 0 heterocycles. The minimum absolute atomic E-state index is 0.463. The fourth-order valence-electron chi connectivity index (χ4n) is 2.84. The van der Waals surface area contributed by atoms with Crippen LogP contribution in [0.4, 0.5) is 0 Å². The van der Waals surface area contributed by atoms with E-state index in [0.717, 1.165) is 19.0 Å². The highest BCUT2D eigenvalue weighted by molar-refractivity contribution is 5.37. The summed E-state index contributed by atoms with van der Waals surface area (Å²) >= 11 is 0. The monoisotopic (exact) mass is 232 g/mol. The second-order valence-corrected chi connectivity index (χ2v) is 5.61. The van der Waals surface area contributed by atoms with E-state index in [1.807, 2.05) is 0 Å². The maximum absolute atomic E-state index is 5.79. The molecule has 1 aromatic carbocycles. The zero-order valence-corrected chi connectivity index (χ0v) is 11.2. The van der Waals surface area contributed by atoms with E-state index in [-0.39, 0.29) is 0 Å². The molecule has 1 saturated carbocycles. The van der Waals surface area contributed by atoms with Crippen LogP contribution in [0.5, 0.6) is 0 Å². The Morgan fingerprint density at radius 2 is 1.76 bits per heavy atom. The molecule has 17 heavy (non-hydrogen) atoms. The third-order valence-electron chi connectivity index (χ3n) is 3.85. The van der Waals surface area contributed by atoms with Crippen LogP contribution in [0.25, 0.3) is 0 Å². The molecule has 0 spiro atoms. The molecule has 1 aromatic rings. The average molecular weight is 232 g/mol. The van der Waals surface area contributed by atoms with E-state index in [4.69, 9.17) is 5.73 Å². The Morgan fingerprint density at radius 3 is 2.29 bits per heavy atom. The molecule has 1 fully saturated rings. The molecule has 0 unspecified atom stereocenters. The van der Waals surface area contributed by atoms with Crippen LogP contribution in [-0.4, -0.2) is 12.6 Å². The Balaban J connectivity index is 1.86. The number of rotatable bonds is 4. The van der Waals surface area contributed by atoms with Crippen molar-refractivity contribution in [3.8, 4) is 0 Å². The van der Waals surface area contributed by atoms with Crippen molar-refractivity contribution in [3.05, 3.63) is 34.4 Å². The predicted molar refractivity (Wildman–Crippen MR) is 73.1 cm³/mol.